The first-order valence-electron chi connectivity index (χ1n) is 5.54. The van der Waals surface area contributed by atoms with Crippen molar-refractivity contribution in [2.45, 2.75) is 32.1 Å². The van der Waals surface area contributed by atoms with Crippen molar-refractivity contribution >= 4 is 0 Å². The number of unbranched alkanes of at least 4 members (excludes halogenated alkanes) is 2. The molecule has 0 aliphatic heterocycles. The van der Waals surface area contributed by atoms with Gasteiger partial charge in [-0.3, -0.25) is 0 Å². The molecule has 15 heavy (non-hydrogen) atoms. The fourth-order valence-corrected chi connectivity index (χ4v) is 1.42. The number of aryl methyl sites for hydroxylation is 1. The van der Waals surface area contributed by atoms with Crippen molar-refractivity contribution in [1.29, 1.82) is 0 Å². The number of hydrogen-bond acceptors (Lipinski definition) is 0. The molecule has 78 valence electrons. The lowest BCUT2D eigenvalue weighted by molar-refractivity contribution is 0.756. The highest BCUT2D eigenvalue weighted by atomic mass is 14.0. The Hall–Kier alpha value is -1.48. The Morgan fingerprint density at radius 2 is 1.87 bits per heavy atom. The van der Waals surface area contributed by atoms with Crippen LogP contribution in [0.4, 0.5) is 0 Å². The molecule has 0 heterocycles. The molecule has 0 unspecified atom stereocenters. The van der Waals surface area contributed by atoms with Gasteiger partial charge < -0.3 is 0 Å². The van der Waals surface area contributed by atoms with Gasteiger partial charge in [0.1, 0.15) is 0 Å². The van der Waals surface area contributed by atoms with Gasteiger partial charge in [0.25, 0.3) is 0 Å². The van der Waals surface area contributed by atoms with Crippen molar-refractivity contribution in [3.05, 3.63) is 48.6 Å². The maximum atomic E-state index is 3.63. The second-order valence-electron chi connectivity index (χ2n) is 3.54. The van der Waals surface area contributed by atoms with Gasteiger partial charge in [0.2, 0.25) is 0 Å². The van der Waals surface area contributed by atoms with Crippen molar-refractivity contribution in [3.8, 4) is 11.8 Å². The van der Waals surface area contributed by atoms with Crippen LogP contribution >= 0.6 is 0 Å². The average molecular weight is 198 g/mol. The SMILES string of the molecule is C=CCC#CCCCCc1ccccc1. The summed E-state index contributed by atoms with van der Waals surface area (Å²) in [5, 5.41) is 0. The zero-order valence-corrected chi connectivity index (χ0v) is 9.21. The third-order valence-corrected chi connectivity index (χ3v) is 2.23. The Morgan fingerprint density at radius 3 is 2.60 bits per heavy atom. The topological polar surface area (TPSA) is 0 Å². The lowest BCUT2D eigenvalue weighted by Crippen LogP contribution is -1.84. The molecule has 0 spiro atoms. The van der Waals surface area contributed by atoms with Crippen LogP contribution in [0.1, 0.15) is 31.2 Å². The minimum Gasteiger partial charge on any atom is -0.103 e. The van der Waals surface area contributed by atoms with Crippen molar-refractivity contribution in [2.24, 2.45) is 0 Å². The van der Waals surface area contributed by atoms with E-state index in [0.29, 0.717) is 0 Å². The molecule has 0 saturated carbocycles. The molecular weight excluding hydrogens is 180 g/mol. The van der Waals surface area contributed by atoms with Crippen LogP contribution in [0, 0.1) is 11.8 Å². The third-order valence-electron chi connectivity index (χ3n) is 2.23. The number of hydrogen-bond donors (Lipinski definition) is 0. The van der Waals surface area contributed by atoms with Crippen molar-refractivity contribution in [1.82, 2.24) is 0 Å². The van der Waals surface area contributed by atoms with Crippen LogP contribution < -0.4 is 0 Å². The van der Waals surface area contributed by atoms with E-state index >= 15 is 0 Å². The van der Waals surface area contributed by atoms with Gasteiger partial charge in [0, 0.05) is 12.8 Å². The molecule has 0 nitrogen and oxygen atoms in total. The molecule has 0 fully saturated rings. The highest BCUT2D eigenvalue weighted by Gasteiger charge is 1.90. The lowest BCUT2D eigenvalue weighted by Gasteiger charge is -1.98. The summed E-state index contributed by atoms with van der Waals surface area (Å²) >= 11 is 0. The van der Waals surface area contributed by atoms with Gasteiger partial charge in [0.05, 0.1) is 0 Å². The zero-order valence-electron chi connectivity index (χ0n) is 9.21. The van der Waals surface area contributed by atoms with E-state index in [4.69, 9.17) is 0 Å². The molecule has 1 rings (SSSR count). The molecule has 1 aromatic rings. The standard InChI is InChI=1S/C15H18/c1-2-3-4-5-6-7-9-12-15-13-10-8-11-14-15/h2,8,10-11,13-14H,1,3,6-7,9,12H2. The first kappa shape index (κ1) is 11.6. The monoisotopic (exact) mass is 198 g/mol. The van der Waals surface area contributed by atoms with Crippen LogP contribution in [0.5, 0.6) is 0 Å². The van der Waals surface area contributed by atoms with Gasteiger partial charge in [0.15, 0.2) is 0 Å². The first-order valence-corrected chi connectivity index (χ1v) is 5.54. The Bertz CT molecular complexity index is 324. The maximum Gasteiger partial charge on any atom is 0.0267 e. The van der Waals surface area contributed by atoms with E-state index in [-0.39, 0.29) is 0 Å². The van der Waals surface area contributed by atoms with Gasteiger partial charge >= 0.3 is 0 Å². The summed E-state index contributed by atoms with van der Waals surface area (Å²) < 4.78 is 0. The Balaban J connectivity index is 2.08. The molecule has 0 heteroatoms. The molecule has 0 bridgehead atoms. The highest BCUT2D eigenvalue weighted by molar-refractivity contribution is 5.14. The summed E-state index contributed by atoms with van der Waals surface area (Å²) in [5.74, 6) is 6.22. The first-order chi connectivity index (χ1) is 7.43. The van der Waals surface area contributed by atoms with E-state index < -0.39 is 0 Å². The van der Waals surface area contributed by atoms with Crippen LogP contribution in [0.3, 0.4) is 0 Å². The van der Waals surface area contributed by atoms with E-state index in [1.54, 1.807) is 0 Å². The maximum absolute atomic E-state index is 3.63. The summed E-state index contributed by atoms with van der Waals surface area (Å²) in [5.41, 5.74) is 1.43. The van der Waals surface area contributed by atoms with Gasteiger partial charge in [-0.25, -0.2) is 0 Å². The Kier molecular flexibility index (Phi) is 6.09. The quantitative estimate of drug-likeness (QED) is 0.381. The zero-order chi connectivity index (χ0) is 10.8. The fourth-order valence-electron chi connectivity index (χ4n) is 1.42. The molecular formula is C15H18. The van der Waals surface area contributed by atoms with Crippen LogP contribution in [-0.4, -0.2) is 0 Å². The minimum absolute atomic E-state index is 0.818. The van der Waals surface area contributed by atoms with E-state index in [0.717, 1.165) is 12.8 Å². The summed E-state index contributed by atoms with van der Waals surface area (Å²) in [6, 6.07) is 10.6. The van der Waals surface area contributed by atoms with E-state index in [1.165, 1.54) is 24.8 Å². The Labute approximate surface area is 93.0 Å². The largest absolute Gasteiger partial charge is 0.103 e. The van der Waals surface area contributed by atoms with Crippen molar-refractivity contribution in [3.63, 3.8) is 0 Å². The third kappa shape index (κ3) is 5.75. The molecule has 0 aliphatic rings. The number of allylic oxidation sites excluding steroid dienone is 1. The van der Waals surface area contributed by atoms with Gasteiger partial charge in [-0.05, 0) is 24.8 Å². The predicted molar refractivity (Wildman–Crippen MR) is 66.6 cm³/mol. The van der Waals surface area contributed by atoms with Gasteiger partial charge in [-0.2, -0.15) is 0 Å². The summed E-state index contributed by atoms with van der Waals surface area (Å²) in [6.45, 7) is 3.63. The molecule has 0 aliphatic carbocycles. The average Bonchev–Trinajstić information content (AvgIpc) is 2.29. The molecule has 0 radical (unpaired) electrons. The second-order valence-corrected chi connectivity index (χ2v) is 3.54. The smallest absolute Gasteiger partial charge is 0.0267 e. The lowest BCUT2D eigenvalue weighted by atomic mass is 10.1. The second kappa shape index (κ2) is 7.88. The van der Waals surface area contributed by atoms with Gasteiger partial charge in [-0.1, -0.05) is 42.3 Å². The van der Waals surface area contributed by atoms with Crippen molar-refractivity contribution < 1.29 is 0 Å². The van der Waals surface area contributed by atoms with E-state index in [2.05, 4.69) is 48.8 Å². The Morgan fingerprint density at radius 1 is 1.07 bits per heavy atom. The summed E-state index contributed by atoms with van der Waals surface area (Å²) in [4.78, 5) is 0. The molecule has 0 aromatic heterocycles. The molecule has 1 aromatic carbocycles. The number of rotatable bonds is 5. The highest BCUT2D eigenvalue weighted by Crippen LogP contribution is 2.05. The normalized spacial score (nSPS) is 9.07. The number of benzene rings is 1. The van der Waals surface area contributed by atoms with Crippen molar-refractivity contribution in [2.75, 3.05) is 0 Å². The van der Waals surface area contributed by atoms with Gasteiger partial charge in [-0.15, -0.1) is 12.5 Å². The summed E-state index contributed by atoms with van der Waals surface area (Å²) in [6.07, 6.45) is 7.27. The van der Waals surface area contributed by atoms with Crippen LogP contribution in [0.25, 0.3) is 0 Å². The molecule has 0 saturated heterocycles. The minimum atomic E-state index is 0.818. The molecule has 0 atom stereocenters. The van der Waals surface area contributed by atoms with E-state index in [1.807, 2.05) is 6.08 Å². The van der Waals surface area contributed by atoms with Crippen LogP contribution in [0.15, 0.2) is 43.0 Å². The van der Waals surface area contributed by atoms with Crippen LogP contribution in [-0.2, 0) is 6.42 Å². The molecule has 0 amide bonds. The molecule has 0 N–H and O–H groups in total. The fraction of sp³-hybridized carbons (Fsp3) is 0.333. The summed E-state index contributed by atoms with van der Waals surface area (Å²) in [7, 11) is 0. The predicted octanol–water partition coefficient (Wildman–Crippen LogP) is 3.98. The van der Waals surface area contributed by atoms with E-state index in [9.17, 15) is 0 Å². The van der Waals surface area contributed by atoms with Crippen LogP contribution in [0.2, 0.25) is 0 Å².